The van der Waals surface area contributed by atoms with Crippen molar-refractivity contribution in [2.75, 3.05) is 0 Å². The molecule has 12 rings (SSSR count). The molecule has 0 N–H and O–H groups in total. The highest BCUT2D eigenvalue weighted by Crippen LogP contribution is 2.53. The topological polar surface area (TPSA) is 31.0 Å². The smallest absolute Gasteiger partial charge is 0.159 e. The van der Waals surface area contributed by atoms with Crippen LogP contribution in [0.5, 0.6) is 0 Å². The van der Waals surface area contributed by atoms with Crippen molar-refractivity contribution in [3.8, 4) is 50.3 Å². The molecule has 0 radical (unpaired) electrons. The highest BCUT2D eigenvalue weighted by Gasteiger charge is 2.37. The zero-order valence-electron chi connectivity index (χ0n) is 32.5. The molecule has 3 heteroatoms. The van der Waals surface area contributed by atoms with Crippen molar-refractivity contribution in [3.05, 3.63) is 193 Å². The molecule has 0 bridgehead atoms. The number of nitrogens with zero attached hydrogens (tertiary/aromatic N) is 2. The fourth-order valence-corrected chi connectivity index (χ4v) is 10.1. The Morgan fingerprint density at radius 3 is 2.02 bits per heavy atom. The van der Waals surface area contributed by atoms with Gasteiger partial charge in [-0.2, -0.15) is 0 Å². The normalized spacial score (nSPS) is 13.2. The second-order valence-corrected chi connectivity index (χ2v) is 16.3. The van der Waals surface area contributed by atoms with Crippen LogP contribution in [0.2, 0.25) is 0 Å². The van der Waals surface area contributed by atoms with Gasteiger partial charge in [-0.05, 0) is 87.3 Å². The first kappa shape index (κ1) is 33.0. The third kappa shape index (κ3) is 4.53. The molecule has 1 aliphatic rings. The third-order valence-electron chi connectivity index (χ3n) is 12.8. The maximum atomic E-state index is 7.00. The summed E-state index contributed by atoms with van der Waals surface area (Å²) in [5.41, 5.74) is 19.4. The molecule has 0 saturated heterocycles. The van der Waals surface area contributed by atoms with E-state index in [9.17, 15) is 0 Å². The lowest BCUT2D eigenvalue weighted by atomic mass is 9.82. The zero-order chi connectivity index (χ0) is 38.7. The summed E-state index contributed by atoms with van der Waals surface area (Å²) in [6.45, 7) is 6.93. The summed E-state index contributed by atoms with van der Waals surface area (Å²) < 4.78 is 9.41. The van der Waals surface area contributed by atoms with Crippen molar-refractivity contribution in [3.63, 3.8) is 0 Å². The van der Waals surface area contributed by atoms with Gasteiger partial charge in [0.1, 0.15) is 5.58 Å². The van der Waals surface area contributed by atoms with Gasteiger partial charge in [-0.15, -0.1) is 0 Å². The Bertz CT molecular complexity index is 3470. The van der Waals surface area contributed by atoms with Crippen LogP contribution in [0.1, 0.15) is 30.5 Å². The van der Waals surface area contributed by atoms with Crippen LogP contribution in [0.25, 0.3) is 105 Å². The van der Waals surface area contributed by atoms with Crippen molar-refractivity contribution < 1.29 is 4.42 Å². The summed E-state index contributed by atoms with van der Waals surface area (Å²) >= 11 is 0. The summed E-state index contributed by atoms with van der Waals surface area (Å²) in [4.78, 5) is 5.40. The van der Waals surface area contributed by atoms with Gasteiger partial charge in [0.05, 0.1) is 27.9 Å². The minimum atomic E-state index is -0.0844. The number of hydrogen-bond donors (Lipinski definition) is 0. The summed E-state index contributed by atoms with van der Waals surface area (Å²) in [5.74, 6) is 0. The van der Waals surface area contributed by atoms with Gasteiger partial charge in [-0.25, -0.2) is 4.98 Å². The van der Waals surface area contributed by atoms with Crippen molar-refractivity contribution >= 4 is 54.6 Å². The lowest BCUT2D eigenvalue weighted by molar-refractivity contribution is 0.660. The zero-order valence-corrected chi connectivity index (χ0v) is 32.5. The molecule has 0 fully saturated rings. The van der Waals surface area contributed by atoms with Crippen LogP contribution in [0.3, 0.4) is 0 Å². The van der Waals surface area contributed by atoms with Crippen LogP contribution in [-0.4, -0.2) is 9.55 Å². The Balaban J connectivity index is 1.09. The molecule has 0 unspecified atom stereocenters. The predicted molar refractivity (Wildman–Crippen MR) is 242 cm³/mol. The molecule has 274 valence electrons. The number of rotatable bonds is 4. The highest BCUT2D eigenvalue weighted by atomic mass is 16.3. The van der Waals surface area contributed by atoms with Gasteiger partial charge in [-0.1, -0.05) is 159 Å². The molecule has 0 amide bonds. The van der Waals surface area contributed by atoms with Crippen LogP contribution >= 0.6 is 0 Å². The predicted octanol–water partition coefficient (Wildman–Crippen LogP) is 14.8. The van der Waals surface area contributed by atoms with Crippen LogP contribution in [0.15, 0.2) is 180 Å². The van der Waals surface area contributed by atoms with E-state index in [-0.39, 0.29) is 5.41 Å². The minimum Gasteiger partial charge on any atom is -0.454 e. The van der Waals surface area contributed by atoms with Gasteiger partial charge < -0.3 is 8.98 Å². The molecule has 3 aromatic heterocycles. The molecule has 11 aromatic rings. The average molecular weight is 743 g/mol. The first-order valence-corrected chi connectivity index (χ1v) is 20.1. The van der Waals surface area contributed by atoms with Crippen LogP contribution in [-0.2, 0) is 5.41 Å². The molecule has 0 spiro atoms. The van der Waals surface area contributed by atoms with E-state index in [1.807, 2.05) is 0 Å². The van der Waals surface area contributed by atoms with Crippen molar-refractivity contribution in [1.82, 2.24) is 9.55 Å². The maximum absolute atomic E-state index is 7.00. The van der Waals surface area contributed by atoms with Gasteiger partial charge in [-0.3, -0.25) is 0 Å². The lowest BCUT2D eigenvalue weighted by Gasteiger charge is -2.21. The summed E-state index contributed by atoms with van der Waals surface area (Å²) in [7, 11) is 0. The number of para-hydroxylation sites is 3. The largest absolute Gasteiger partial charge is 0.454 e. The molecule has 3 nitrogen and oxygen atoms in total. The molecule has 0 atom stereocenters. The molecule has 3 heterocycles. The first-order valence-electron chi connectivity index (χ1n) is 20.1. The van der Waals surface area contributed by atoms with E-state index in [1.165, 1.54) is 60.8 Å². The first-order chi connectivity index (χ1) is 28.5. The molecule has 58 heavy (non-hydrogen) atoms. The second kappa shape index (κ2) is 12.1. The van der Waals surface area contributed by atoms with Crippen molar-refractivity contribution in [2.45, 2.75) is 26.2 Å². The fraction of sp³-hybridized carbons (Fsp3) is 0.0727. The number of aromatic nitrogens is 2. The van der Waals surface area contributed by atoms with Gasteiger partial charge >= 0.3 is 0 Å². The monoisotopic (exact) mass is 742 g/mol. The van der Waals surface area contributed by atoms with Gasteiger partial charge in [0.25, 0.3) is 0 Å². The average Bonchev–Trinajstić information content (AvgIpc) is 3.90. The van der Waals surface area contributed by atoms with E-state index in [1.54, 1.807) is 0 Å². The van der Waals surface area contributed by atoms with E-state index in [4.69, 9.17) is 9.40 Å². The second-order valence-electron chi connectivity index (χ2n) is 16.3. The highest BCUT2D eigenvalue weighted by molar-refractivity contribution is 6.20. The summed E-state index contributed by atoms with van der Waals surface area (Å²) in [6, 6.07) is 63.5. The third-order valence-corrected chi connectivity index (χ3v) is 12.8. The Hall–Kier alpha value is -7.23. The van der Waals surface area contributed by atoms with E-state index in [0.717, 1.165) is 60.9 Å². The Morgan fingerprint density at radius 2 is 1.16 bits per heavy atom. The lowest BCUT2D eigenvalue weighted by Crippen LogP contribution is -2.14. The standard InChI is InChI=1S/C55H38N2O/c1-33-49(36-29-27-35(28-30-36)34-15-5-4-6-16-34)38-18-8-11-23-44(38)56-53(33)40-20-14-26-48-50(40)41-21-13-25-47(54(41)58-48)57-45-24-12-9-19-39(45)52-46(57)32-31-43-51(52)37-17-7-10-22-42(37)55(43,2)3/h4-32H,1-3H3. The molecular weight excluding hydrogens is 705 g/mol. The van der Waals surface area contributed by atoms with Gasteiger partial charge in [0, 0.05) is 37.9 Å². The van der Waals surface area contributed by atoms with Crippen molar-refractivity contribution in [1.29, 1.82) is 0 Å². The van der Waals surface area contributed by atoms with E-state index >= 15 is 0 Å². The molecule has 0 aliphatic heterocycles. The minimum absolute atomic E-state index is 0.0844. The quantitative estimate of drug-likeness (QED) is 0.180. The maximum Gasteiger partial charge on any atom is 0.159 e. The Morgan fingerprint density at radius 1 is 0.483 bits per heavy atom. The molecule has 0 saturated carbocycles. The number of hydrogen-bond acceptors (Lipinski definition) is 2. The van der Waals surface area contributed by atoms with E-state index in [0.29, 0.717) is 0 Å². The fourth-order valence-electron chi connectivity index (χ4n) is 10.1. The SMILES string of the molecule is Cc1c(-c2cccc3oc4c(-n5c6ccccc6c6c7c(ccc65)C(C)(C)c5ccccc5-7)cccc4c23)nc2ccccc2c1-c1ccc(-c2ccccc2)cc1. The molecule has 1 aliphatic carbocycles. The summed E-state index contributed by atoms with van der Waals surface area (Å²) in [6.07, 6.45) is 0. The van der Waals surface area contributed by atoms with Crippen LogP contribution < -0.4 is 0 Å². The van der Waals surface area contributed by atoms with Gasteiger partial charge in [0.2, 0.25) is 0 Å². The number of fused-ring (bicyclic) bond motifs is 11. The Labute approximate surface area is 336 Å². The van der Waals surface area contributed by atoms with Crippen molar-refractivity contribution in [2.24, 2.45) is 0 Å². The van der Waals surface area contributed by atoms with Crippen LogP contribution in [0, 0.1) is 6.92 Å². The van der Waals surface area contributed by atoms with E-state index < -0.39 is 0 Å². The number of benzene rings is 8. The summed E-state index contributed by atoms with van der Waals surface area (Å²) in [5, 5.41) is 5.83. The molecular formula is C55H38N2O. The van der Waals surface area contributed by atoms with E-state index in [2.05, 4.69) is 201 Å². The Kier molecular flexibility index (Phi) is 6.90. The van der Waals surface area contributed by atoms with Crippen LogP contribution in [0.4, 0.5) is 0 Å². The molecule has 8 aromatic carbocycles. The van der Waals surface area contributed by atoms with Gasteiger partial charge in [0.15, 0.2) is 5.58 Å². The number of pyridine rings is 1. The number of furan rings is 1.